The zero-order valence-electron chi connectivity index (χ0n) is 8.18. The lowest BCUT2D eigenvalue weighted by Gasteiger charge is -2.09. The van der Waals surface area contributed by atoms with Crippen LogP contribution in [0.4, 0.5) is 0 Å². The van der Waals surface area contributed by atoms with Crippen molar-refractivity contribution in [2.45, 2.75) is 18.9 Å². The fraction of sp³-hybridized carbons (Fsp3) is 1.00. The summed E-state index contributed by atoms with van der Waals surface area (Å²) >= 11 is 0. The van der Waals surface area contributed by atoms with Gasteiger partial charge in [0.2, 0.25) is 0 Å². The van der Waals surface area contributed by atoms with Crippen molar-refractivity contribution in [3.63, 3.8) is 0 Å². The van der Waals surface area contributed by atoms with E-state index in [0.29, 0.717) is 0 Å². The van der Waals surface area contributed by atoms with Crippen molar-refractivity contribution in [2.24, 2.45) is 0 Å². The number of hydrogen-bond acceptors (Lipinski definition) is 3. The highest BCUT2D eigenvalue weighted by molar-refractivity contribution is 4.80. The average molecular weight is 172 g/mol. The highest BCUT2D eigenvalue weighted by atomic mass is 16.5. The van der Waals surface area contributed by atoms with Gasteiger partial charge in [0.05, 0.1) is 13.2 Å². The van der Waals surface area contributed by atoms with Crippen LogP contribution in [0.1, 0.15) is 12.8 Å². The third-order valence-electron chi connectivity index (χ3n) is 1.94. The van der Waals surface area contributed by atoms with E-state index < -0.39 is 0 Å². The van der Waals surface area contributed by atoms with Gasteiger partial charge in [-0.05, 0) is 26.9 Å². The molecular formula is C9H20N2O. The average Bonchev–Trinajstić information content (AvgIpc) is 2.79. The minimum atomic E-state index is 0.808. The summed E-state index contributed by atoms with van der Waals surface area (Å²) < 4.78 is 5.42. The van der Waals surface area contributed by atoms with Gasteiger partial charge in [0.25, 0.3) is 0 Å². The number of rotatable bonds is 7. The smallest absolute Gasteiger partial charge is 0.0593 e. The molecule has 0 atom stereocenters. The third-order valence-corrected chi connectivity index (χ3v) is 1.94. The summed E-state index contributed by atoms with van der Waals surface area (Å²) in [6.45, 7) is 3.73. The van der Waals surface area contributed by atoms with E-state index in [1.54, 1.807) is 0 Å². The van der Waals surface area contributed by atoms with Crippen molar-refractivity contribution in [1.29, 1.82) is 0 Å². The molecular weight excluding hydrogens is 152 g/mol. The van der Waals surface area contributed by atoms with E-state index in [9.17, 15) is 0 Å². The topological polar surface area (TPSA) is 24.5 Å². The van der Waals surface area contributed by atoms with Crippen LogP contribution in [0.5, 0.6) is 0 Å². The summed E-state index contributed by atoms with van der Waals surface area (Å²) in [6.07, 6.45) is 2.72. The molecule has 1 aliphatic carbocycles. The van der Waals surface area contributed by atoms with Crippen LogP contribution in [0.3, 0.4) is 0 Å². The molecule has 1 rings (SSSR count). The minimum Gasteiger partial charge on any atom is -0.379 e. The first-order valence-electron chi connectivity index (χ1n) is 4.75. The van der Waals surface area contributed by atoms with Crippen LogP contribution in [0.15, 0.2) is 0 Å². The number of likely N-dealkylation sites (N-methyl/N-ethyl adjacent to an activating group) is 1. The second kappa shape index (κ2) is 5.51. The molecule has 0 spiro atoms. The number of hydrogen-bond donors (Lipinski definition) is 1. The van der Waals surface area contributed by atoms with Gasteiger partial charge in [0.1, 0.15) is 0 Å². The minimum absolute atomic E-state index is 0.808. The Labute approximate surface area is 75.1 Å². The fourth-order valence-electron chi connectivity index (χ4n) is 0.972. The maximum atomic E-state index is 5.42. The molecule has 0 aromatic carbocycles. The van der Waals surface area contributed by atoms with Crippen molar-refractivity contribution in [2.75, 3.05) is 40.4 Å². The summed E-state index contributed by atoms with van der Waals surface area (Å²) in [5.41, 5.74) is 0. The third kappa shape index (κ3) is 5.52. The van der Waals surface area contributed by atoms with E-state index in [-0.39, 0.29) is 0 Å². The summed E-state index contributed by atoms with van der Waals surface area (Å²) in [5, 5.41) is 3.41. The van der Waals surface area contributed by atoms with E-state index in [1.807, 2.05) is 0 Å². The van der Waals surface area contributed by atoms with Gasteiger partial charge in [-0.15, -0.1) is 0 Å². The van der Waals surface area contributed by atoms with E-state index in [4.69, 9.17) is 4.74 Å². The second-order valence-corrected chi connectivity index (χ2v) is 3.64. The van der Waals surface area contributed by atoms with Crippen LogP contribution in [-0.4, -0.2) is 51.3 Å². The molecule has 0 radical (unpaired) electrons. The van der Waals surface area contributed by atoms with Crippen molar-refractivity contribution in [1.82, 2.24) is 10.2 Å². The zero-order valence-corrected chi connectivity index (χ0v) is 8.18. The summed E-state index contributed by atoms with van der Waals surface area (Å²) in [4.78, 5) is 2.13. The Morgan fingerprint density at radius 2 is 2.08 bits per heavy atom. The molecule has 0 bridgehead atoms. The van der Waals surface area contributed by atoms with Crippen molar-refractivity contribution in [3.05, 3.63) is 0 Å². The van der Waals surface area contributed by atoms with E-state index in [0.717, 1.165) is 32.3 Å². The molecule has 0 aliphatic heterocycles. The van der Waals surface area contributed by atoms with Gasteiger partial charge in [-0.3, -0.25) is 0 Å². The number of ether oxygens (including phenoxy) is 1. The van der Waals surface area contributed by atoms with Crippen LogP contribution < -0.4 is 5.32 Å². The first kappa shape index (κ1) is 9.96. The molecule has 1 fully saturated rings. The number of nitrogens with zero attached hydrogens (tertiary/aromatic N) is 1. The fourth-order valence-corrected chi connectivity index (χ4v) is 0.972. The molecule has 0 aromatic heterocycles. The van der Waals surface area contributed by atoms with Gasteiger partial charge < -0.3 is 15.0 Å². The first-order valence-corrected chi connectivity index (χ1v) is 4.75. The Bertz CT molecular complexity index is 107. The Morgan fingerprint density at radius 3 is 2.67 bits per heavy atom. The molecule has 1 aliphatic rings. The monoisotopic (exact) mass is 172 g/mol. The Kier molecular flexibility index (Phi) is 4.58. The molecule has 72 valence electrons. The molecule has 0 unspecified atom stereocenters. The Balaban J connectivity index is 1.70. The van der Waals surface area contributed by atoms with Gasteiger partial charge in [-0.25, -0.2) is 0 Å². The van der Waals surface area contributed by atoms with Crippen LogP contribution in [-0.2, 0) is 4.74 Å². The van der Waals surface area contributed by atoms with Gasteiger partial charge >= 0.3 is 0 Å². The molecule has 1 N–H and O–H groups in total. The molecule has 3 heteroatoms. The largest absolute Gasteiger partial charge is 0.379 e. The standard InChI is InChI=1S/C9H20N2O/c1-11(2)6-8-12-7-5-10-9-3-4-9/h9-10H,3-8H2,1-2H3. The lowest BCUT2D eigenvalue weighted by Crippen LogP contribution is -2.24. The van der Waals surface area contributed by atoms with Crippen molar-refractivity contribution in [3.8, 4) is 0 Å². The van der Waals surface area contributed by atoms with Crippen molar-refractivity contribution >= 4 is 0 Å². The number of nitrogens with one attached hydrogen (secondary N) is 1. The highest BCUT2D eigenvalue weighted by Crippen LogP contribution is 2.17. The lowest BCUT2D eigenvalue weighted by atomic mass is 10.6. The molecule has 0 aromatic rings. The predicted molar refractivity (Wildman–Crippen MR) is 50.4 cm³/mol. The van der Waals surface area contributed by atoms with Crippen LogP contribution in [0, 0.1) is 0 Å². The molecule has 0 heterocycles. The normalized spacial score (nSPS) is 17.2. The van der Waals surface area contributed by atoms with Crippen LogP contribution in [0.2, 0.25) is 0 Å². The van der Waals surface area contributed by atoms with E-state index in [1.165, 1.54) is 12.8 Å². The van der Waals surface area contributed by atoms with Crippen molar-refractivity contribution < 1.29 is 4.74 Å². The van der Waals surface area contributed by atoms with Gasteiger partial charge in [-0.2, -0.15) is 0 Å². The van der Waals surface area contributed by atoms with E-state index >= 15 is 0 Å². The maximum Gasteiger partial charge on any atom is 0.0593 e. The zero-order chi connectivity index (χ0) is 8.81. The molecule has 3 nitrogen and oxygen atoms in total. The molecule has 0 amide bonds. The summed E-state index contributed by atoms with van der Waals surface area (Å²) in [7, 11) is 4.12. The first-order chi connectivity index (χ1) is 5.79. The highest BCUT2D eigenvalue weighted by Gasteiger charge is 2.19. The second-order valence-electron chi connectivity index (χ2n) is 3.64. The predicted octanol–water partition coefficient (Wildman–Crippen LogP) is 0.317. The van der Waals surface area contributed by atoms with Gasteiger partial charge in [0, 0.05) is 19.1 Å². The Hall–Kier alpha value is -0.120. The maximum absolute atomic E-state index is 5.42. The molecule has 12 heavy (non-hydrogen) atoms. The van der Waals surface area contributed by atoms with Gasteiger partial charge in [0.15, 0.2) is 0 Å². The van der Waals surface area contributed by atoms with Gasteiger partial charge in [-0.1, -0.05) is 0 Å². The van der Waals surface area contributed by atoms with E-state index in [2.05, 4.69) is 24.3 Å². The van der Waals surface area contributed by atoms with Crippen LogP contribution in [0.25, 0.3) is 0 Å². The SMILES string of the molecule is CN(C)CCOCCNC1CC1. The quantitative estimate of drug-likeness (QED) is 0.560. The lowest BCUT2D eigenvalue weighted by molar-refractivity contribution is 0.119. The Morgan fingerprint density at radius 1 is 1.33 bits per heavy atom. The summed E-state index contributed by atoms with van der Waals surface area (Å²) in [5.74, 6) is 0. The summed E-state index contributed by atoms with van der Waals surface area (Å²) in [6, 6.07) is 0.808. The molecule has 0 saturated heterocycles. The van der Waals surface area contributed by atoms with Crippen LogP contribution >= 0.6 is 0 Å². The molecule has 1 saturated carbocycles.